The Morgan fingerprint density at radius 2 is 1.95 bits per heavy atom. The Hall–Kier alpha value is -0.640. The number of nitrogen functional groups attached to an aromatic ring is 1. The highest BCUT2D eigenvalue weighted by molar-refractivity contribution is 14.1. The number of rotatable bonds is 6. The molecule has 0 saturated heterocycles. The molecule has 0 bridgehead atoms. The summed E-state index contributed by atoms with van der Waals surface area (Å²) in [6, 6.07) is 0. The van der Waals surface area contributed by atoms with Crippen LogP contribution in [0.25, 0.3) is 0 Å². The van der Waals surface area contributed by atoms with E-state index in [1.807, 2.05) is 6.92 Å². The van der Waals surface area contributed by atoms with Gasteiger partial charge in [0.1, 0.15) is 18.2 Å². The Morgan fingerprint density at radius 3 is 2.53 bits per heavy atom. The van der Waals surface area contributed by atoms with E-state index in [-0.39, 0.29) is 13.0 Å². The third kappa shape index (κ3) is 5.89. The molecule has 0 unspecified atom stereocenters. The molecule has 0 aromatic carbocycles. The molecule has 0 atom stereocenters. The van der Waals surface area contributed by atoms with Crippen molar-refractivity contribution in [3.63, 3.8) is 0 Å². The first-order valence-electron chi connectivity index (χ1n) is 5.78. The number of aromatic nitrogens is 2. The van der Waals surface area contributed by atoms with E-state index in [1.165, 1.54) is 0 Å². The van der Waals surface area contributed by atoms with Gasteiger partial charge in [-0.1, -0.05) is 13.3 Å². The van der Waals surface area contributed by atoms with E-state index in [0.717, 1.165) is 22.1 Å². The van der Waals surface area contributed by atoms with Crippen LogP contribution in [0.4, 0.5) is 19.0 Å². The first-order valence-corrected chi connectivity index (χ1v) is 6.86. The minimum atomic E-state index is -4.31. The summed E-state index contributed by atoms with van der Waals surface area (Å²) in [5, 5.41) is 0. The molecule has 0 spiro atoms. The highest BCUT2D eigenvalue weighted by atomic mass is 127. The van der Waals surface area contributed by atoms with E-state index < -0.39 is 12.8 Å². The lowest BCUT2D eigenvalue weighted by Gasteiger charge is -2.09. The van der Waals surface area contributed by atoms with Gasteiger partial charge in [-0.3, -0.25) is 0 Å². The topological polar surface area (TPSA) is 61.0 Å². The van der Waals surface area contributed by atoms with Gasteiger partial charge < -0.3 is 10.5 Å². The molecule has 0 aliphatic rings. The summed E-state index contributed by atoms with van der Waals surface area (Å²) in [6.07, 6.45) is -2.41. The predicted octanol–water partition coefficient (Wildman–Crippen LogP) is 2.74. The number of alkyl halides is 3. The van der Waals surface area contributed by atoms with Gasteiger partial charge in [-0.2, -0.15) is 13.2 Å². The second kappa shape index (κ2) is 7.22. The van der Waals surface area contributed by atoms with Gasteiger partial charge in [0.2, 0.25) is 0 Å². The number of anilines is 1. The number of hydrogen-bond donors (Lipinski definition) is 1. The zero-order valence-corrected chi connectivity index (χ0v) is 12.6. The maximum absolute atomic E-state index is 11.9. The molecule has 1 heterocycles. The third-order valence-corrected chi connectivity index (χ3v) is 3.39. The lowest BCUT2D eigenvalue weighted by molar-refractivity contribution is -0.173. The van der Waals surface area contributed by atoms with Crippen LogP contribution >= 0.6 is 22.6 Å². The Morgan fingerprint density at radius 1 is 1.26 bits per heavy atom. The number of hydrogen-bond acceptors (Lipinski definition) is 4. The van der Waals surface area contributed by atoms with E-state index >= 15 is 0 Å². The molecule has 0 fully saturated rings. The van der Waals surface area contributed by atoms with Crippen LogP contribution in [0.15, 0.2) is 0 Å². The molecule has 19 heavy (non-hydrogen) atoms. The van der Waals surface area contributed by atoms with Crippen molar-refractivity contribution in [2.24, 2.45) is 0 Å². The molecular formula is C11H15F3IN3O. The van der Waals surface area contributed by atoms with Crippen LogP contribution < -0.4 is 5.73 Å². The lowest BCUT2D eigenvalue weighted by atomic mass is 10.2. The van der Waals surface area contributed by atoms with Gasteiger partial charge in [0, 0.05) is 6.42 Å². The summed E-state index contributed by atoms with van der Waals surface area (Å²) in [5.41, 5.74) is 6.58. The first-order chi connectivity index (χ1) is 8.83. The van der Waals surface area contributed by atoms with E-state index in [1.54, 1.807) is 0 Å². The van der Waals surface area contributed by atoms with Gasteiger partial charge >= 0.3 is 6.18 Å². The Kier molecular flexibility index (Phi) is 6.24. The highest BCUT2D eigenvalue weighted by Crippen LogP contribution is 2.18. The Bertz CT molecular complexity index is 426. The fourth-order valence-electron chi connectivity index (χ4n) is 1.43. The Labute approximate surface area is 123 Å². The van der Waals surface area contributed by atoms with E-state index in [0.29, 0.717) is 11.6 Å². The molecular weight excluding hydrogens is 374 g/mol. The van der Waals surface area contributed by atoms with Crippen molar-refractivity contribution in [3.05, 3.63) is 15.1 Å². The van der Waals surface area contributed by atoms with E-state index in [9.17, 15) is 13.2 Å². The van der Waals surface area contributed by atoms with Crippen LogP contribution in [0.2, 0.25) is 0 Å². The van der Waals surface area contributed by atoms with Gasteiger partial charge in [0.15, 0.2) is 0 Å². The summed E-state index contributed by atoms with van der Waals surface area (Å²) < 4.78 is 41.0. The quantitative estimate of drug-likeness (QED) is 0.601. The standard InChI is InChI=1S/C11H15F3IN3O/c1-2-3-7-9(15)10(16)18-8(17-7)4-5-19-6-11(12,13)14/h2-6H2,1H3,(H2,16,17,18). The van der Waals surface area contributed by atoms with E-state index in [4.69, 9.17) is 5.73 Å². The number of halogens is 4. The molecule has 0 saturated carbocycles. The number of ether oxygens (including phenoxy) is 1. The van der Waals surface area contributed by atoms with Crippen molar-refractivity contribution in [2.75, 3.05) is 18.9 Å². The van der Waals surface area contributed by atoms with Crippen LogP contribution in [-0.2, 0) is 17.6 Å². The van der Waals surface area contributed by atoms with Gasteiger partial charge in [-0.15, -0.1) is 0 Å². The van der Waals surface area contributed by atoms with Crippen molar-refractivity contribution in [3.8, 4) is 0 Å². The fraction of sp³-hybridized carbons (Fsp3) is 0.636. The maximum Gasteiger partial charge on any atom is 0.411 e. The minimum absolute atomic E-state index is 0.0783. The van der Waals surface area contributed by atoms with Crippen molar-refractivity contribution >= 4 is 28.4 Å². The molecule has 0 amide bonds. The molecule has 108 valence electrons. The average molecular weight is 389 g/mol. The lowest BCUT2D eigenvalue weighted by Crippen LogP contribution is -2.18. The maximum atomic E-state index is 11.9. The summed E-state index contributed by atoms with van der Waals surface area (Å²) in [6.45, 7) is 0.681. The zero-order chi connectivity index (χ0) is 14.5. The number of nitrogens with zero attached hydrogens (tertiary/aromatic N) is 2. The minimum Gasteiger partial charge on any atom is -0.383 e. The summed E-state index contributed by atoms with van der Waals surface area (Å²) in [5.74, 6) is 0.786. The smallest absolute Gasteiger partial charge is 0.383 e. The van der Waals surface area contributed by atoms with Gasteiger partial charge in [0.25, 0.3) is 0 Å². The van der Waals surface area contributed by atoms with Crippen LogP contribution in [0.1, 0.15) is 24.9 Å². The monoisotopic (exact) mass is 389 g/mol. The fourth-order valence-corrected chi connectivity index (χ4v) is 1.94. The summed E-state index contributed by atoms with van der Waals surface area (Å²) in [7, 11) is 0. The predicted molar refractivity (Wildman–Crippen MR) is 73.7 cm³/mol. The van der Waals surface area contributed by atoms with Gasteiger partial charge in [-0.25, -0.2) is 9.97 Å². The number of nitrogens with two attached hydrogens (primary N) is 1. The second-order valence-electron chi connectivity index (χ2n) is 3.95. The SMILES string of the molecule is CCCc1nc(CCOCC(F)(F)F)nc(N)c1I. The molecule has 1 aromatic rings. The largest absolute Gasteiger partial charge is 0.411 e. The third-order valence-electron chi connectivity index (χ3n) is 2.21. The molecule has 2 N–H and O–H groups in total. The van der Waals surface area contributed by atoms with Gasteiger partial charge in [0.05, 0.1) is 15.9 Å². The molecule has 0 aliphatic heterocycles. The molecule has 1 rings (SSSR count). The van der Waals surface area contributed by atoms with E-state index in [2.05, 4.69) is 37.3 Å². The summed E-state index contributed by atoms with van der Waals surface area (Å²) in [4.78, 5) is 8.34. The molecule has 8 heteroatoms. The number of aryl methyl sites for hydroxylation is 1. The normalized spacial score (nSPS) is 11.8. The molecule has 0 radical (unpaired) electrons. The van der Waals surface area contributed by atoms with Crippen LogP contribution in [0, 0.1) is 3.57 Å². The molecule has 1 aromatic heterocycles. The van der Waals surface area contributed by atoms with Crippen molar-refractivity contribution in [1.29, 1.82) is 0 Å². The first kappa shape index (κ1) is 16.4. The molecule has 0 aliphatic carbocycles. The van der Waals surface area contributed by atoms with Crippen LogP contribution in [-0.4, -0.2) is 29.4 Å². The average Bonchev–Trinajstić information content (AvgIpc) is 2.30. The highest BCUT2D eigenvalue weighted by Gasteiger charge is 2.27. The van der Waals surface area contributed by atoms with Gasteiger partial charge in [-0.05, 0) is 29.0 Å². The zero-order valence-electron chi connectivity index (χ0n) is 10.4. The molecule has 4 nitrogen and oxygen atoms in total. The van der Waals surface area contributed by atoms with Crippen LogP contribution in [0.5, 0.6) is 0 Å². The van der Waals surface area contributed by atoms with Crippen LogP contribution in [0.3, 0.4) is 0 Å². The van der Waals surface area contributed by atoms with Crippen molar-refractivity contribution in [1.82, 2.24) is 9.97 Å². The van der Waals surface area contributed by atoms with Crippen molar-refractivity contribution < 1.29 is 17.9 Å². The second-order valence-corrected chi connectivity index (χ2v) is 5.03. The summed E-state index contributed by atoms with van der Waals surface area (Å²) >= 11 is 2.07. The van der Waals surface area contributed by atoms with Crippen molar-refractivity contribution in [2.45, 2.75) is 32.4 Å². The Balaban J connectivity index is 2.59.